The van der Waals surface area contributed by atoms with Gasteiger partial charge in [-0.3, -0.25) is 18.6 Å². The van der Waals surface area contributed by atoms with Crippen LogP contribution in [0.4, 0.5) is 0 Å². The number of carbonyl (C=O) groups excluding carboxylic acids is 2. The van der Waals surface area contributed by atoms with Crippen LogP contribution >= 0.6 is 7.82 Å². The second-order valence-corrected chi connectivity index (χ2v) is 15.3. The monoisotopic (exact) mass is 792 g/mol. The van der Waals surface area contributed by atoms with Crippen LogP contribution in [-0.2, 0) is 32.7 Å². The van der Waals surface area contributed by atoms with Crippen LogP contribution in [0.5, 0.6) is 0 Å². The third kappa shape index (κ3) is 40.9. The highest BCUT2D eigenvalue weighted by Crippen LogP contribution is 2.43. The van der Waals surface area contributed by atoms with Gasteiger partial charge in [-0.05, 0) is 77.0 Å². The van der Waals surface area contributed by atoms with Gasteiger partial charge < -0.3 is 20.1 Å². The van der Waals surface area contributed by atoms with Gasteiger partial charge in [-0.1, -0.05) is 151 Å². The van der Waals surface area contributed by atoms with Crippen LogP contribution in [0, 0.1) is 0 Å². The molecule has 0 saturated carbocycles. The average molecular weight is 792 g/mol. The summed E-state index contributed by atoms with van der Waals surface area (Å²) in [6.07, 6.45) is 49.4. The molecule has 0 aromatic rings. The summed E-state index contributed by atoms with van der Waals surface area (Å²) in [6, 6.07) is 0. The van der Waals surface area contributed by atoms with Gasteiger partial charge >= 0.3 is 19.8 Å². The second kappa shape index (κ2) is 41.1. The molecule has 0 spiro atoms. The van der Waals surface area contributed by atoms with Gasteiger partial charge in [0.1, 0.15) is 6.61 Å². The first-order chi connectivity index (χ1) is 26.8. The number of carbonyl (C=O) groups is 2. The van der Waals surface area contributed by atoms with Crippen LogP contribution in [0.25, 0.3) is 0 Å². The van der Waals surface area contributed by atoms with Gasteiger partial charge in [0.15, 0.2) is 6.10 Å². The maximum Gasteiger partial charge on any atom is 0.472 e. The van der Waals surface area contributed by atoms with E-state index < -0.39 is 32.5 Å². The molecule has 10 heteroatoms. The molecule has 0 bridgehead atoms. The molecule has 316 valence electrons. The van der Waals surface area contributed by atoms with E-state index in [1.54, 1.807) is 0 Å². The van der Waals surface area contributed by atoms with Crippen LogP contribution < -0.4 is 5.73 Å². The minimum Gasteiger partial charge on any atom is -0.462 e. The van der Waals surface area contributed by atoms with E-state index in [2.05, 4.69) is 74.6 Å². The van der Waals surface area contributed by atoms with Gasteiger partial charge in [0.2, 0.25) is 0 Å². The van der Waals surface area contributed by atoms with Gasteiger partial charge in [-0.2, -0.15) is 0 Å². The molecular formula is C45H78NO8P. The Bertz CT molecular complexity index is 1130. The minimum atomic E-state index is -4.40. The second-order valence-electron chi connectivity index (χ2n) is 13.8. The lowest BCUT2D eigenvalue weighted by Gasteiger charge is -2.19. The topological polar surface area (TPSA) is 134 Å². The molecule has 9 nitrogen and oxygen atoms in total. The molecule has 0 rings (SSSR count). The quantitative estimate of drug-likeness (QED) is 0.0270. The Balaban J connectivity index is 4.30. The van der Waals surface area contributed by atoms with Crippen LogP contribution in [0.1, 0.15) is 168 Å². The fraction of sp³-hybridized carbons (Fsp3) is 0.689. The number of hydrogen-bond acceptors (Lipinski definition) is 8. The summed E-state index contributed by atoms with van der Waals surface area (Å²) < 4.78 is 32.7. The molecule has 0 aromatic carbocycles. The lowest BCUT2D eigenvalue weighted by molar-refractivity contribution is -0.161. The number of hydrogen-bond donors (Lipinski definition) is 2. The van der Waals surface area contributed by atoms with Crippen LogP contribution in [-0.4, -0.2) is 49.3 Å². The smallest absolute Gasteiger partial charge is 0.462 e. The molecule has 3 N–H and O–H groups in total. The van der Waals surface area contributed by atoms with E-state index in [4.69, 9.17) is 24.3 Å². The van der Waals surface area contributed by atoms with Crippen molar-refractivity contribution >= 4 is 19.8 Å². The summed E-state index contributed by atoms with van der Waals surface area (Å²) in [4.78, 5) is 34.8. The zero-order valence-corrected chi connectivity index (χ0v) is 35.5. The third-order valence-corrected chi connectivity index (χ3v) is 9.56. The Morgan fingerprint density at radius 1 is 0.545 bits per heavy atom. The number of ether oxygens (including phenoxy) is 2. The van der Waals surface area contributed by atoms with E-state index >= 15 is 0 Å². The maximum atomic E-state index is 12.6. The van der Waals surface area contributed by atoms with Crippen molar-refractivity contribution in [2.45, 2.75) is 174 Å². The molecule has 0 saturated heterocycles. The van der Waals surface area contributed by atoms with Crippen molar-refractivity contribution in [2.75, 3.05) is 26.4 Å². The zero-order chi connectivity index (χ0) is 40.3. The molecule has 0 radical (unpaired) electrons. The molecular weight excluding hydrogens is 713 g/mol. The molecule has 55 heavy (non-hydrogen) atoms. The first-order valence-corrected chi connectivity index (χ1v) is 22.9. The number of unbranched alkanes of at least 4 members (excludes halogenated alkanes) is 14. The van der Waals surface area contributed by atoms with Crippen LogP contribution in [0.15, 0.2) is 72.9 Å². The first kappa shape index (κ1) is 52.5. The summed E-state index contributed by atoms with van der Waals surface area (Å²) >= 11 is 0. The average Bonchev–Trinajstić information content (AvgIpc) is 3.17. The molecule has 0 fully saturated rings. The molecule has 0 aliphatic carbocycles. The molecule has 0 aliphatic rings. The summed E-state index contributed by atoms with van der Waals surface area (Å²) in [5.41, 5.74) is 5.34. The number of allylic oxidation sites excluding steroid dienone is 12. The van der Waals surface area contributed by atoms with Crippen molar-refractivity contribution in [2.24, 2.45) is 5.73 Å². The highest BCUT2D eigenvalue weighted by molar-refractivity contribution is 7.47. The number of phosphoric ester groups is 1. The predicted octanol–water partition coefficient (Wildman–Crippen LogP) is 12.3. The van der Waals surface area contributed by atoms with Gasteiger partial charge in [0, 0.05) is 19.4 Å². The van der Waals surface area contributed by atoms with Crippen molar-refractivity contribution in [3.8, 4) is 0 Å². The number of phosphoric acid groups is 1. The fourth-order valence-electron chi connectivity index (χ4n) is 5.37. The zero-order valence-electron chi connectivity index (χ0n) is 34.6. The van der Waals surface area contributed by atoms with Crippen LogP contribution in [0.2, 0.25) is 0 Å². The van der Waals surface area contributed by atoms with Gasteiger partial charge in [-0.25, -0.2) is 4.57 Å². The van der Waals surface area contributed by atoms with Crippen molar-refractivity contribution in [3.05, 3.63) is 72.9 Å². The molecule has 2 atom stereocenters. The van der Waals surface area contributed by atoms with Gasteiger partial charge in [0.05, 0.1) is 13.2 Å². The highest BCUT2D eigenvalue weighted by atomic mass is 31.2. The Hall–Kier alpha value is -2.55. The summed E-state index contributed by atoms with van der Waals surface area (Å²) in [5.74, 6) is -0.935. The largest absolute Gasteiger partial charge is 0.472 e. The number of nitrogens with two attached hydrogens (primary N) is 1. The molecule has 0 aliphatic heterocycles. The Kier molecular flexibility index (Phi) is 39.2. The number of esters is 2. The van der Waals surface area contributed by atoms with Gasteiger partial charge in [0.25, 0.3) is 0 Å². The van der Waals surface area contributed by atoms with Crippen molar-refractivity contribution < 1.29 is 37.6 Å². The van der Waals surface area contributed by atoms with E-state index in [9.17, 15) is 19.0 Å². The molecule has 0 heterocycles. The standard InChI is InChI=1S/C45H78NO8P/c1-3-5-7-9-11-13-15-17-19-20-21-22-24-25-27-29-31-33-35-37-44(47)51-41-43(42-53-55(49,50)52-40-39-46)54-45(48)38-36-34-32-30-28-26-23-18-16-14-12-10-8-6-4-2/h11,13-14,16-17,19,21-22,25,27,31,33,43H,3-10,12,15,18,20,23-24,26,28-30,32,34-42,46H2,1-2H3,(H,49,50)/t43-/m1/s1. The maximum absolute atomic E-state index is 12.6. The van der Waals surface area contributed by atoms with Crippen molar-refractivity contribution in [1.82, 2.24) is 0 Å². The van der Waals surface area contributed by atoms with E-state index in [0.29, 0.717) is 12.8 Å². The summed E-state index contributed by atoms with van der Waals surface area (Å²) in [6.45, 7) is 3.59. The van der Waals surface area contributed by atoms with Crippen LogP contribution in [0.3, 0.4) is 0 Å². The lowest BCUT2D eigenvalue weighted by Crippen LogP contribution is -2.29. The third-order valence-electron chi connectivity index (χ3n) is 8.58. The normalized spacial score (nSPS) is 14.0. The van der Waals surface area contributed by atoms with E-state index in [0.717, 1.165) is 51.4 Å². The van der Waals surface area contributed by atoms with Gasteiger partial charge in [-0.15, -0.1) is 0 Å². The summed E-state index contributed by atoms with van der Waals surface area (Å²) in [7, 11) is -4.40. The summed E-state index contributed by atoms with van der Waals surface area (Å²) in [5, 5.41) is 0. The molecule has 0 amide bonds. The fourth-order valence-corrected chi connectivity index (χ4v) is 6.14. The molecule has 0 aromatic heterocycles. The lowest BCUT2D eigenvalue weighted by atomic mass is 10.1. The first-order valence-electron chi connectivity index (χ1n) is 21.4. The van der Waals surface area contributed by atoms with Crippen molar-refractivity contribution in [1.29, 1.82) is 0 Å². The van der Waals surface area contributed by atoms with E-state index in [-0.39, 0.29) is 32.6 Å². The van der Waals surface area contributed by atoms with E-state index in [1.165, 1.54) is 77.0 Å². The SMILES string of the molecule is CCCCCC=CCC=CCC=CCC=CCC=CCCC(=O)OC[C@H](COP(=O)(O)OCCN)OC(=O)CCCCCCCCCC=CCCCCCC. The Morgan fingerprint density at radius 2 is 0.982 bits per heavy atom. The Morgan fingerprint density at radius 3 is 1.53 bits per heavy atom. The predicted molar refractivity (Wildman–Crippen MR) is 229 cm³/mol. The minimum absolute atomic E-state index is 0.0402. The number of rotatable bonds is 39. The molecule has 1 unspecified atom stereocenters. The Labute approximate surface area is 335 Å². The van der Waals surface area contributed by atoms with E-state index in [1.807, 2.05) is 12.2 Å². The van der Waals surface area contributed by atoms with Crippen molar-refractivity contribution in [3.63, 3.8) is 0 Å². The highest BCUT2D eigenvalue weighted by Gasteiger charge is 2.25.